The highest BCUT2D eigenvalue weighted by Gasteiger charge is 2.25. The third-order valence-corrected chi connectivity index (χ3v) is 4.25. The van der Waals surface area contributed by atoms with E-state index in [1.807, 2.05) is 0 Å². The van der Waals surface area contributed by atoms with Crippen LogP contribution in [0, 0.1) is 0 Å². The molecule has 2 N–H and O–H groups in total. The van der Waals surface area contributed by atoms with Crippen LogP contribution in [-0.2, 0) is 6.61 Å². The molecule has 0 heterocycles. The molecule has 20 heavy (non-hydrogen) atoms. The fourth-order valence-electron chi connectivity index (χ4n) is 2.52. The molecule has 2 atom stereocenters. The number of methoxy groups -OCH3 is 1. The molecule has 0 bridgehead atoms. The topological polar surface area (TPSA) is 58.9 Å². The normalized spacial score (nSPS) is 23.2. The van der Waals surface area contributed by atoms with Gasteiger partial charge < -0.3 is 19.7 Å². The summed E-state index contributed by atoms with van der Waals surface area (Å²) in [6, 6.07) is 3.56. The quantitative estimate of drug-likeness (QED) is 0.824. The summed E-state index contributed by atoms with van der Waals surface area (Å²) in [6.07, 6.45) is 4.23. The van der Waals surface area contributed by atoms with E-state index in [2.05, 4.69) is 15.9 Å². The summed E-state index contributed by atoms with van der Waals surface area (Å²) in [4.78, 5) is 0. The zero-order valence-electron chi connectivity index (χ0n) is 11.6. The number of ether oxygens (including phenoxy) is 2. The molecule has 112 valence electrons. The Labute approximate surface area is 127 Å². The average molecular weight is 345 g/mol. The summed E-state index contributed by atoms with van der Waals surface area (Å²) in [6.45, 7) is -0.0543. The predicted octanol–water partition coefficient (Wildman–Crippen LogP) is 3.02. The molecule has 1 aromatic rings. The molecule has 2 rings (SSSR count). The third kappa shape index (κ3) is 3.65. The van der Waals surface area contributed by atoms with Gasteiger partial charge in [-0.1, -0.05) is 12.8 Å². The molecular formula is C15H21BrO4. The molecular weight excluding hydrogens is 324 g/mol. The summed E-state index contributed by atoms with van der Waals surface area (Å²) >= 11 is 3.45. The Hall–Kier alpha value is -0.780. The van der Waals surface area contributed by atoms with E-state index in [4.69, 9.17) is 9.47 Å². The number of aliphatic hydroxyl groups excluding tert-OH is 2. The Balaban J connectivity index is 2.23. The van der Waals surface area contributed by atoms with Crippen LogP contribution in [0.25, 0.3) is 0 Å². The minimum Gasteiger partial charge on any atom is -0.493 e. The van der Waals surface area contributed by atoms with Gasteiger partial charge in [0.1, 0.15) is 6.10 Å². The molecule has 2 unspecified atom stereocenters. The molecule has 0 spiro atoms. The van der Waals surface area contributed by atoms with Gasteiger partial charge in [0.15, 0.2) is 11.5 Å². The molecule has 0 radical (unpaired) electrons. The van der Waals surface area contributed by atoms with Gasteiger partial charge in [-0.3, -0.25) is 0 Å². The van der Waals surface area contributed by atoms with Crippen molar-refractivity contribution in [3.05, 3.63) is 22.2 Å². The van der Waals surface area contributed by atoms with E-state index in [-0.39, 0.29) is 12.7 Å². The standard InChI is InChI=1S/C15H21BrO4/c1-19-14-8-10(9-17)7-11(16)15(14)20-13-6-4-2-3-5-12(13)18/h7-8,12-13,17-18H,2-6,9H2,1H3. The Morgan fingerprint density at radius 2 is 2.00 bits per heavy atom. The van der Waals surface area contributed by atoms with Crippen LogP contribution < -0.4 is 9.47 Å². The Morgan fingerprint density at radius 1 is 1.25 bits per heavy atom. The second kappa shape index (κ2) is 7.29. The Bertz CT molecular complexity index is 450. The van der Waals surface area contributed by atoms with Crippen molar-refractivity contribution in [3.8, 4) is 11.5 Å². The van der Waals surface area contributed by atoms with Crippen LogP contribution in [0.2, 0.25) is 0 Å². The number of rotatable bonds is 4. The number of aliphatic hydroxyl groups is 2. The van der Waals surface area contributed by atoms with Crippen LogP contribution in [0.4, 0.5) is 0 Å². The van der Waals surface area contributed by atoms with Gasteiger partial charge in [0.25, 0.3) is 0 Å². The van der Waals surface area contributed by atoms with Gasteiger partial charge in [-0.05, 0) is 52.9 Å². The predicted molar refractivity (Wildman–Crippen MR) is 80.1 cm³/mol. The molecule has 0 aromatic heterocycles. The van der Waals surface area contributed by atoms with Crippen molar-refractivity contribution in [1.82, 2.24) is 0 Å². The monoisotopic (exact) mass is 344 g/mol. The first-order valence-corrected chi connectivity index (χ1v) is 7.77. The van der Waals surface area contributed by atoms with E-state index in [0.29, 0.717) is 11.5 Å². The number of hydrogen-bond donors (Lipinski definition) is 2. The SMILES string of the molecule is COc1cc(CO)cc(Br)c1OC1CCCCCC1O. The molecule has 0 amide bonds. The first-order chi connectivity index (χ1) is 9.65. The van der Waals surface area contributed by atoms with E-state index in [0.717, 1.165) is 42.1 Å². The van der Waals surface area contributed by atoms with Gasteiger partial charge >= 0.3 is 0 Å². The molecule has 4 nitrogen and oxygen atoms in total. The maximum absolute atomic E-state index is 10.1. The van der Waals surface area contributed by atoms with E-state index in [9.17, 15) is 10.2 Å². The highest BCUT2D eigenvalue weighted by atomic mass is 79.9. The van der Waals surface area contributed by atoms with Crippen molar-refractivity contribution >= 4 is 15.9 Å². The molecule has 1 aliphatic rings. The second-order valence-corrected chi connectivity index (χ2v) is 5.98. The van der Waals surface area contributed by atoms with E-state index in [1.54, 1.807) is 19.2 Å². The number of benzene rings is 1. The molecule has 1 aliphatic carbocycles. The van der Waals surface area contributed by atoms with Crippen LogP contribution in [0.1, 0.15) is 37.7 Å². The van der Waals surface area contributed by atoms with Crippen LogP contribution in [0.15, 0.2) is 16.6 Å². The van der Waals surface area contributed by atoms with Crippen molar-refractivity contribution in [2.24, 2.45) is 0 Å². The van der Waals surface area contributed by atoms with Crippen LogP contribution >= 0.6 is 15.9 Å². The number of hydrogen-bond acceptors (Lipinski definition) is 4. The highest BCUT2D eigenvalue weighted by Crippen LogP contribution is 2.38. The zero-order valence-corrected chi connectivity index (χ0v) is 13.2. The average Bonchev–Trinajstić information content (AvgIpc) is 2.65. The van der Waals surface area contributed by atoms with Crippen LogP contribution in [-0.4, -0.2) is 29.5 Å². The smallest absolute Gasteiger partial charge is 0.175 e. The Morgan fingerprint density at radius 3 is 2.70 bits per heavy atom. The summed E-state index contributed by atoms with van der Waals surface area (Å²) in [5, 5.41) is 19.4. The highest BCUT2D eigenvalue weighted by molar-refractivity contribution is 9.10. The molecule has 1 fully saturated rings. The molecule has 0 saturated heterocycles. The van der Waals surface area contributed by atoms with Gasteiger partial charge in [0.2, 0.25) is 0 Å². The largest absolute Gasteiger partial charge is 0.493 e. The fourth-order valence-corrected chi connectivity index (χ4v) is 3.10. The molecule has 0 aliphatic heterocycles. The van der Waals surface area contributed by atoms with Crippen molar-refractivity contribution < 1.29 is 19.7 Å². The molecule has 1 saturated carbocycles. The first kappa shape index (κ1) is 15.6. The summed E-state index contributed by atoms with van der Waals surface area (Å²) in [7, 11) is 1.57. The van der Waals surface area contributed by atoms with Gasteiger partial charge in [-0.2, -0.15) is 0 Å². The lowest BCUT2D eigenvalue weighted by molar-refractivity contribution is 0.0300. The van der Waals surface area contributed by atoms with Crippen molar-refractivity contribution in [2.75, 3.05) is 7.11 Å². The third-order valence-electron chi connectivity index (χ3n) is 3.66. The van der Waals surface area contributed by atoms with Crippen molar-refractivity contribution in [3.63, 3.8) is 0 Å². The van der Waals surface area contributed by atoms with E-state index < -0.39 is 6.10 Å². The van der Waals surface area contributed by atoms with Crippen molar-refractivity contribution in [1.29, 1.82) is 0 Å². The van der Waals surface area contributed by atoms with E-state index in [1.165, 1.54) is 0 Å². The summed E-state index contributed by atoms with van der Waals surface area (Å²) in [5.41, 5.74) is 0.752. The zero-order chi connectivity index (χ0) is 14.5. The Kier molecular flexibility index (Phi) is 5.69. The maximum atomic E-state index is 10.1. The summed E-state index contributed by atoms with van der Waals surface area (Å²) in [5.74, 6) is 1.16. The molecule has 5 heteroatoms. The lowest BCUT2D eigenvalue weighted by atomic mass is 10.1. The fraction of sp³-hybridized carbons (Fsp3) is 0.600. The lowest BCUT2D eigenvalue weighted by Crippen LogP contribution is -2.30. The lowest BCUT2D eigenvalue weighted by Gasteiger charge is -2.24. The van der Waals surface area contributed by atoms with Crippen LogP contribution in [0.5, 0.6) is 11.5 Å². The second-order valence-electron chi connectivity index (χ2n) is 5.13. The van der Waals surface area contributed by atoms with Gasteiger partial charge in [-0.25, -0.2) is 0 Å². The van der Waals surface area contributed by atoms with Gasteiger partial charge in [0, 0.05) is 0 Å². The summed E-state index contributed by atoms with van der Waals surface area (Å²) < 4.78 is 12.1. The van der Waals surface area contributed by atoms with Gasteiger partial charge in [-0.15, -0.1) is 0 Å². The molecule has 1 aromatic carbocycles. The maximum Gasteiger partial charge on any atom is 0.175 e. The number of halogens is 1. The van der Waals surface area contributed by atoms with Gasteiger partial charge in [0.05, 0.1) is 24.3 Å². The minimum atomic E-state index is -0.438. The van der Waals surface area contributed by atoms with Crippen LogP contribution in [0.3, 0.4) is 0 Å². The van der Waals surface area contributed by atoms with E-state index >= 15 is 0 Å². The van der Waals surface area contributed by atoms with Crippen molar-refractivity contribution in [2.45, 2.75) is 50.9 Å². The first-order valence-electron chi connectivity index (χ1n) is 6.97. The minimum absolute atomic E-state index is 0.0543.